The fourth-order valence-corrected chi connectivity index (χ4v) is 3.83. The molecule has 0 aromatic heterocycles. The molecule has 3 rings (SSSR count). The van der Waals surface area contributed by atoms with Crippen molar-refractivity contribution in [2.45, 2.75) is 32.8 Å². The second-order valence-corrected chi connectivity index (χ2v) is 7.14. The highest BCUT2D eigenvalue weighted by Gasteiger charge is 2.25. The number of piperazine rings is 1. The molecule has 1 atom stereocenters. The number of carbonyl (C=O) groups excluding carboxylic acids is 1. The van der Waals surface area contributed by atoms with Crippen molar-refractivity contribution in [1.82, 2.24) is 9.80 Å². The van der Waals surface area contributed by atoms with Gasteiger partial charge in [0.1, 0.15) is 0 Å². The average molecular weight is 345 g/mol. The van der Waals surface area contributed by atoms with Crippen LogP contribution in [0.4, 0.5) is 5.69 Å². The Labute approximate surface area is 151 Å². The molecular weight excluding hydrogens is 314 g/mol. The first kappa shape index (κ1) is 18.4. The molecule has 2 aliphatic heterocycles. The average Bonchev–Trinajstić information content (AvgIpc) is 3.12. The first-order valence-corrected chi connectivity index (χ1v) is 9.59. The Kier molecular flexibility index (Phi) is 6.45. The summed E-state index contributed by atoms with van der Waals surface area (Å²) in [5.41, 5.74) is 2.19. The number of likely N-dealkylation sites (N-methyl/N-ethyl adjacent to an activating group) is 1. The Hall–Kier alpha value is -1.43. The van der Waals surface area contributed by atoms with E-state index in [4.69, 9.17) is 4.74 Å². The first-order chi connectivity index (χ1) is 12.2. The normalized spacial score (nSPS) is 22.2. The van der Waals surface area contributed by atoms with E-state index in [1.165, 1.54) is 12.8 Å². The number of rotatable bonds is 6. The summed E-state index contributed by atoms with van der Waals surface area (Å²) < 4.78 is 5.74. The Morgan fingerprint density at radius 3 is 2.56 bits per heavy atom. The van der Waals surface area contributed by atoms with Gasteiger partial charge in [-0.2, -0.15) is 0 Å². The Morgan fingerprint density at radius 2 is 1.92 bits per heavy atom. The van der Waals surface area contributed by atoms with Gasteiger partial charge in [-0.1, -0.05) is 18.2 Å². The van der Waals surface area contributed by atoms with Crippen molar-refractivity contribution in [2.24, 2.45) is 0 Å². The largest absolute Gasteiger partial charge is 0.377 e. The highest BCUT2D eigenvalue weighted by molar-refractivity contribution is 5.95. The molecule has 2 aliphatic rings. The van der Waals surface area contributed by atoms with Crippen LogP contribution in [-0.4, -0.2) is 74.2 Å². The molecule has 0 N–H and O–H groups in total. The number of nitrogens with zero attached hydrogens (tertiary/aromatic N) is 3. The molecule has 0 bridgehead atoms. The van der Waals surface area contributed by atoms with E-state index in [1.807, 2.05) is 30.0 Å². The van der Waals surface area contributed by atoms with Crippen LogP contribution in [0.15, 0.2) is 24.3 Å². The number of carbonyl (C=O) groups is 1. The van der Waals surface area contributed by atoms with Gasteiger partial charge in [0.05, 0.1) is 12.6 Å². The van der Waals surface area contributed by atoms with Crippen LogP contribution >= 0.6 is 0 Å². The Bertz CT molecular complexity index is 564. The molecule has 2 saturated heterocycles. The molecule has 0 spiro atoms. The van der Waals surface area contributed by atoms with Crippen molar-refractivity contribution in [2.75, 3.05) is 57.3 Å². The van der Waals surface area contributed by atoms with Crippen LogP contribution in [0.5, 0.6) is 0 Å². The topological polar surface area (TPSA) is 36.0 Å². The maximum absolute atomic E-state index is 12.8. The van der Waals surface area contributed by atoms with Gasteiger partial charge in [-0.3, -0.25) is 14.6 Å². The van der Waals surface area contributed by atoms with Crippen LogP contribution in [0.1, 0.15) is 25.3 Å². The maximum atomic E-state index is 12.8. The summed E-state index contributed by atoms with van der Waals surface area (Å²) in [5, 5.41) is 0. The lowest BCUT2D eigenvalue weighted by Crippen LogP contribution is -2.51. The van der Waals surface area contributed by atoms with Gasteiger partial charge < -0.3 is 9.64 Å². The summed E-state index contributed by atoms with van der Waals surface area (Å²) in [6.45, 7) is 11.3. The highest BCUT2D eigenvalue weighted by atomic mass is 16.5. The molecule has 2 fully saturated rings. The van der Waals surface area contributed by atoms with Gasteiger partial charge in [-0.05, 0) is 38.3 Å². The van der Waals surface area contributed by atoms with Gasteiger partial charge in [-0.25, -0.2) is 0 Å². The fourth-order valence-electron chi connectivity index (χ4n) is 3.83. The van der Waals surface area contributed by atoms with Crippen molar-refractivity contribution < 1.29 is 9.53 Å². The van der Waals surface area contributed by atoms with Crippen LogP contribution < -0.4 is 4.90 Å². The van der Waals surface area contributed by atoms with Crippen LogP contribution in [0, 0.1) is 6.92 Å². The molecule has 1 aromatic rings. The zero-order chi connectivity index (χ0) is 17.6. The number of benzene rings is 1. The van der Waals surface area contributed by atoms with Crippen molar-refractivity contribution in [3.63, 3.8) is 0 Å². The van der Waals surface area contributed by atoms with E-state index < -0.39 is 0 Å². The summed E-state index contributed by atoms with van der Waals surface area (Å²) in [5.74, 6) is 0.198. The van der Waals surface area contributed by atoms with Gasteiger partial charge >= 0.3 is 0 Å². The highest BCUT2D eigenvalue weighted by Crippen LogP contribution is 2.20. The van der Waals surface area contributed by atoms with Gasteiger partial charge in [-0.15, -0.1) is 0 Å². The lowest BCUT2D eigenvalue weighted by molar-refractivity contribution is -0.120. The zero-order valence-corrected chi connectivity index (χ0v) is 15.6. The summed E-state index contributed by atoms with van der Waals surface area (Å²) in [6, 6.07) is 8.12. The van der Waals surface area contributed by atoms with E-state index in [2.05, 4.69) is 22.8 Å². The van der Waals surface area contributed by atoms with Crippen molar-refractivity contribution in [3.05, 3.63) is 29.8 Å². The van der Waals surface area contributed by atoms with Crippen LogP contribution in [0.25, 0.3) is 0 Å². The first-order valence-electron chi connectivity index (χ1n) is 9.59. The second-order valence-electron chi connectivity index (χ2n) is 7.14. The fraction of sp³-hybridized carbons (Fsp3) is 0.650. The zero-order valence-electron chi connectivity index (χ0n) is 15.6. The van der Waals surface area contributed by atoms with E-state index in [9.17, 15) is 4.79 Å². The summed E-state index contributed by atoms with van der Waals surface area (Å²) >= 11 is 0. The van der Waals surface area contributed by atoms with Crippen molar-refractivity contribution in [1.29, 1.82) is 0 Å². The molecule has 1 unspecified atom stereocenters. The van der Waals surface area contributed by atoms with Gasteiger partial charge in [0, 0.05) is 51.6 Å². The molecule has 0 radical (unpaired) electrons. The van der Waals surface area contributed by atoms with E-state index in [-0.39, 0.29) is 5.91 Å². The lowest BCUT2D eigenvalue weighted by atomic mass is 10.1. The van der Waals surface area contributed by atoms with Crippen LogP contribution in [-0.2, 0) is 9.53 Å². The number of aryl methyl sites for hydroxylation is 1. The number of amides is 1. The van der Waals surface area contributed by atoms with E-state index in [1.54, 1.807) is 0 Å². The smallest absolute Gasteiger partial charge is 0.241 e. The Balaban J connectivity index is 1.49. The number of hydrogen-bond acceptors (Lipinski definition) is 4. The molecule has 5 heteroatoms. The SMILES string of the molecule is CCN(C(=O)CN1CCN(CC2CCCO2)CC1)c1ccccc1C. The molecular formula is C20H31N3O2. The Morgan fingerprint density at radius 1 is 1.20 bits per heavy atom. The molecule has 5 nitrogen and oxygen atoms in total. The molecule has 1 aromatic carbocycles. The summed E-state index contributed by atoms with van der Waals surface area (Å²) in [4.78, 5) is 19.5. The van der Waals surface area contributed by atoms with Crippen molar-refractivity contribution in [3.8, 4) is 0 Å². The third kappa shape index (κ3) is 4.81. The van der Waals surface area contributed by atoms with Crippen LogP contribution in [0.3, 0.4) is 0 Å². The van der Waals surface area contributed by atoms with Gasteiger partial charge in [0.25, 0.3) is 0 Å². The lowest BCUT2D eigenvalue weighted by Gasteiger charge is -2.36. The quantitative estimate of drug-likeness (QED) is 0.791. The molecule has 0 saturated carbocycles. The third-order valence-electron chi connectivity index (χ3n) is 5.33. The van der Waals surface area contributed by atoms with Gasteiger partial charge in [0.2, 0.25) is 5.91 Å². The number of anilines is 1. The molecule has 138 valence electrons. The monoisotopic (exact) mass is 345 g/mol. The molecule has 25 heavy (non-hydrogen) atoms. The van der Waals surface area contributed by atoms with E-state index in [0.29, 0.717) is 19.2 Å². The minimum Gasteiger partial charge on any atom is -0.377 e. The minimum absolute atomic E-state index is 0.198. The standard InChI is InChI=1S/C20H31N3O2/c1-3-23(19-9-5-4-7-17(19)2)20(24)16-22-12-10-21(11-13-22)15-18-8-6-14-25-18/h4-5,7,9,18H,3,6,8,10-16H2,1-2H3. The number of ether oxygens (including phenoxy) is 1. The number of para-hydroxylation sites is 1. The minimum atomic E-state index is 0.198. The predicted molar refractivity (Wildman–Crippen MR) is 101 cm³/mol. The maximum Gasteiger partial charge on any atom is 0.241 e. The van der Waals surface area contributed by atoms with E-state index in [0.717, 1.165) is 50.6 Å². The molecule has 2 heterocycles. The molecule has 1 amide bonds. The van der Waals surface area contributed by atoms with Crippen LogP contribution in [0.2, 0.25) is 0 Å². The van der Waals surface area contributed by atoms with Gasteiger partial charge in [0.15, 0.2) is 0 Å². The summed E-state index contributed by atoms with van der Waals surface area (Å²) in [6.07, 6.45) is 2.82. The molecule has 0 aliphatic carbocycles. The third-order valence-corrected chi connectivity index (χ3v) is 5.33. The number of hydrogen-bond donors (Lipinski definition) is 0. The summed E-state index contributed by atoms with van der Waals surface area (Å²) in [7, 11) is 0. The van der Waals surface area contributed by atoms with Crippen molar-refractivity contribution >= 4 is 11.6 Å². The van der Waals surface area contributed by atoms with E-state index >= 15 is 0 Å². The second kappa shape index (κ2) is 8.79. The predicted octanol–water partition coefficient (Wildman–Crippen LogP) is 2.14.